The number of anilines is 1. The first-order valence-corrected chi connectivity index (χ1v) is 10.1. The van der Waals surface area contributed by atoms with Crippen molar-refractivity contribution in [1.29, 1.82) is 0 Å². The van der Waals surface area contributed by atoms with Crippen molar-refractivity contribution in [2.75, 3.05) is 19.4 Å². The van der Waals surface area contributed by atoms with Gasteiger partial charge in [0.2, 0.25) is 0 Å². The molecule has 0 spiro atoms. The fourth-order valence-corrected chi connectivity index (χ4v) is 3.20. The Kier molecular flexibility index (Phi) is 6.31. The van der Waals surface area contributed by atoms with Gasteiger partial charge in [0.15, 0.2) is 17.4 Å². The minimum atomic E-state index is -1.75. The summed E-state index contributed by atoms with van der Waals surface area (Å²) in [5.41, 5.74) is 0.334. The number of carbonyl (C=O) groups excluding carboxylic acids is 1. The summed E-state index contributed by atoms with van der Waals surface area (Å²) in [7, 11) is 3.20. The fourth-order valence-electron chi connectivity index (χ4n) is 2.08. The number of amidine groups is 2. The summed E-state index contributed by atoms with van der Waals surface area (Å²) in [6.45, 7) is 8.20. The average molecular weight is 458 g/mol. The molecule has 1 aliphatic rings. The predicted molar refractivity (Wildman–Crippen MR) is 113 cm³/mol. The molecule has 3 N–H and O–H groups in total. The lowest BCUT2D eigenvalue weighted by atomic mass is 9.88. The van der Waals surface area contributed by atoms with Gasteiger partial charge in [0.25, 0.3) is 17.1 Å². The molecule has 2 atom stereocenters. The molecule has 0 bridgehead atoms. The van der Waals surface area contributed by atoms with Crippen LogP contribution in [0.25, 0.3) is 0 Å². The van der Waals surface area contributed by atoms with Crippen molar-refractivity contribution >= 4 is 50.4 Å². The number of nitrogens with one attached hydrogen (secondary N) is 2. The Morgan fingerprint density at radius 3 is 2.41 bits per heavy atom. The van der Waals surface area contributed by atoms with Gasteiger partial charge in [-0.15, -0.1) is 8.80 Å². The molecule has 10 heteroatoms. The molecule has 0 aliphatic carbocycles. The van der Waals surface area contributed by atoms with Crippen LogP contribution in [0.3, 0.4) is 0 Å². The Bertz CT molecular complexity index is 846. The molecule has 1 aromatic rings. The molecule has 0 saturated carbocycles. The van der Waals surface area contributed by atoms with Crippen LogP contribution in [0.2, 0.25) is 0 Å². The molecular weight excluding hydrogens is 434 g/mol. The number of phenolic OH excluding ortho intramolecular Hbond substituents is 1. The number of hydrogen-bond donors (Lipinski definition) is 3. The summed E-state index contributed by atoms with van der Waals surface area (Å²) in [6.07, 6.45) is 0. The van der Waals surface area contributed by atoms with Crippen LogP contribution < -0.4 is 10.6 Å². The lowest BCUT2D eigenvalue weighted by Gasteiger charge is -2.29. The van der Waals surface area contributed by atoms with E-state index in [2.05, 4.69) is 56.1 Å². The maximum absolute atomic E-state index is 12.3. The van der Waals surface area contributed by atoms with E-state index in [-0.39, 0.29) is 40.2 Å². The lowest BCUT2D eigenvalue weighted by Crippen LogP contribution is -2.45. The number of phenols is 1. The second-order valence-electron chi connectivity index (χ2n) is 7.49. The Hall–Kier alpha value is -1.94. The standard InChI is InChI=1S/C17H24BrN5O3S/c1-9(17(2,3)4)19-14-15(22-27(26)21-14)20-11-8-7-10(18)12(13(11)24)16(25)23(5)6/h7-9,24H,1-6H3,(H,19,21)(H,20,22)/t9-,27?/m0/s1. The Labute approximate surface area is 170 Å². The van der Waals surface area contributed by atoms with Crippen molar-refractivity contribution < 1.29 is 14.1 Å². The highest BCUT2D eigenvalue weighted by Gasteiger charge is 2.27. The van der Waals surface area contributed by atoms with E-state index in [1.54, 1.807) is 26.2 Å². The topological polar surface area (TPSA) is 106 Å². The molecular formula is C17H24BrN5O3S. The third-order valence-corrected chi connectivity index (χ3v) is 5.55. The van der Waals surface area contributed by atoms with Gasteiger partial charge in [0.05, 0.1) is 11.3 Å². The monoisotopic (exact) mass is 457 g/mol. The van der Waals surface area contributed by atoms with Gasteiger partial charge in [-0.25, -0.2) is 4.21 Å². The molecule has 1 unspecified atom stereocenters. The van der Waals surface area contributed by atoms with Crippen molar-refractivity contribution in [2.24, 2.45) is 14.2 Å². The average Bonchev–Trinajstić information content (AvgIpc) is 2.88. The predicted octanol–water partition coefficient (Wildman–Crippen LogP) is 2.68. The van der Waals surface area contributed by atoms with Crippen LogP contribution in [0.15, 0.2) is 25.4 Å². The summed E-state index contributed by atoms with van der Waals surface area (Å²) < 4.78 is 20.2. The largest absolute Gasteiger partial charge is 0.505 e. The van der Waals surface area contributed by atoms with Crippen molar-refractivity contribution in [2.45, 2.75) is 33.7 Å². The summed E-state index contributed by atoms with van der Waals surface area (Å²) in [6, 6.07) is 3.27. The van der Waals surface area contributed by atoms with Gasteiger partial charge >= 0.3 is 0 Å². The quantitative estimate of drug-likeness (QED) is 0.604. The highest BCUT2D eigenvalue weighted by Crippen LogP contribution is 2.34. The Morgan fingerprint density at radius 2 is 1.85 bits per heavy atom. The molecule has 27 heavy (non-hydrogen) atoms. The van der Waals surface area contributed by atoms with Crippen molar-refractivity contribution in [1.82, 2.24) is 10.2 Å². The van der Waals surface area contributed by atoms with Crippen molar-refractivity contribution in [3.05, 3.63) is 22.2 Å². The molecule has 0 saturated heterocycles. The van der Waals surface area contributed by atoms with E-state index in [0.717, 1.165) is 0 Å². The minimum absolute atomic E-state index is 0.0303. The third kappa shape index (κ3) is 4.86. The smallest absolute Gasteiger partial charge is 0.269 e. The molecule has 0 aromatic heterocycles. The number of aromatic hydroxyl groups is 1. The van der Waals surface area contributed by atoms with Crippen LogP contribution in [0.4, 0.5) is 5.69 Å². The maximum atomic E-state index is 12.3. The number of benzene rings is 1. The number of carbonyl (C=O) groups is 1. The van der Waals surface area contributed by atoms with Crippen LogP contribution >= 0.6 is 15.9 Å². The Morgan fingerprint density at radius 1 is 1.26 bits per heavy atom. The molecule has 1 amide bonds. The normalized spacial score (nSPS) is 17.8. The van der Waals surface area contributed by atoms with Gasteiger partial charge in [-0.2, -0.15) is 0 Å². The summed E-state index contributed by atoms with van der Waals surface area (Å²) in [4.78, 5) is 13.7. The molecule has 1 aliphatic heterocycles. The number of halogens is 1. The molecule has 1 aromatic carbocycles. The van der Waals surface area contributed by atoms with Crippen LogP contribution in [0.1, 0.15) is 38.1 Å². The molecule has 2 rings (SSSR count). The van der Waals surface area contributed by atoms with Gasteiger partial charge in [0.1, 0.15) is 0 Å². The number of nitrogens with zero attached hydrogens (tertiary/aromatic N) is 3. The zero-order valence-electron chi connectivity index (χ0n) is 16.1. The second-order valence-corrected chi connectivity index (χ2v) is 9.17. The van der Waals surface area contributed by atoms with Crippen molar-refractivity contribution in [3.8, 4) is 5.75 Å². The van der Waals surface area contributed by atoms with Gasteiger partial charge in [-0.1, -0.05) is 20.8 Å². The van der Waals surface area contributed by atoms with E-state index >= 15 is 0 Å². The highest BCUT2D eigenvalue weighted by atomic mass is 79.9. The number of hydrogen-bond acceptors (Lipinski definition) is 5. The van der Waals surface area contributed by atoms with Crippen LogP contribution in [0.5, 0.6) is 5.75 Å². The van der Waals surface area contributed by atoms with E-state index in [0.29, 0.717) is 10.3 Å². The molecule has 0 fully saturated rings. The van der Waals surface area contributed by atoms with E-state index in [4.69, 9.17) is 0 Å². The van der Waals surface area contributed by atoms with E-state index < -0.39 is 11.2 Å². The van der Waals surface area contributed by atoms with E-state index in [1.807, 2.05) is 6.92 Å². The van der Waals surface area contributed by atoms with Crippen molar-refractivity contribution in [3.63, 3.8) is 0 Å². The minimum Gasteiger partial charge on any atom is -0.505 e. The number of rotatable bonds is 3. The third-order valence-electron chi connectivity index (χ3n) is 4.22. The first kappa shape index (κ1) is 21.4. The van der Waals surface area contributed by atoms with Gasteiger partial charge < -0.3 is 20.6 Å². The SMILES string of the molecule is C[C@H](NC1=NS(=O)N=C1Nc1ccc(Br)c(C(=O)N(C)C)c1O)C(C)(C)C. The fraction of sp³-hybridized carbons (Fsp3) is 0.471. The van der Waals surface area contributed by atoms with Crippen LogP contribution in [0, 0.1) is 5.41 Å². The summed E-state index contributed by atoms with van der Waals surface area (Å²) in [5.74, 6) is 0.00359. The molecule has 8 nitrogen and oxygen atoms in total. The first-order chi connectivity index (χ1) is 12.4. The lowest BCUT2D eigenvalue weighted by molar-refractivity contribution is 0.0824. The zero-order valence-corrected chi connectivity index (χ0v) is 18.5. The summed E-state index contributed by atoms with van der Waals surface area (Å²) in [5, 5.41) is 16.7. The molecule has 148 valence electrons. The van der Waals surface area contributed by atoms with Crippen LogP contribution in [-0.2, 0) is 11.2 Å². The van der Waals surface area contributed by atoms with E-state index in [1.165, 1.54) is 4.90 Å². The first-order valence-electron chi connectivity index (χ1n) is 8.28. The van der Waals surface area contributed by atoms with Crippen LogP contribution in [-0.4, -0.2) is 51.9 Å². The Balaban J connectivity index is 2.32. The van der Waals surface area contributed by atoms with Gasteiger partial charge in [-0.05, 0) is 40.4 Å². The second kappa shape index (κ2) is 7.97. The van der Waals surface area contributed by atoms with Gasteiger partial charge in [0, 0.05) is 24.6 Å². The molecule has 1 heterocycles. The summed E-state index contributed by atoms with van der Waals surface area (Å²) >= 11 is 1.54. The maximum Gasteiger partial charge on any atom is 0.269 e. The van der Waals surface area contributed by atoms with Gasteiger partial charge in [-0.3, -0.25) is 4.79 Å². The molecule has 0 radical (unpaired) electrons. The number of amides is 1. The van der Waals surface area contributed by atoms with E-state index in [9.17, 15) is 14.1 Å². The highest BCUT2D eigenvalue weighted by molar-refractivity contribution is 9.10. The zero-order chi connectivity index (χ0) is 20.5.